The Kier molecular flexibility index (Phi) is 7.07. The number of benzene rings is 2. The van der Waals surface area contributed by atoms with Crippen LogP contribution in [0.3, 0.4) is 0 Å². The van der Waals surface area contributed by atoms with E-state index in [-0.39, 0.29) is 0 Å². The Morgan fingerprint density at radius 3 is 2.14 bits per heavy atom. The van der Waals surface area contributed by atoms with E-state index in [4.69, 9.17) is 37.4 Å². The van der Waals surface area contributed by atoms with E-state index < -0.39 is 0 Å². The van der Waals surface area contributed by atoms with Gasteiger partial charge in [0.2, 0.25) is 5.75 Å². The third-order valence-corrected chi connectivity index (χ3v) is 5.03. The number of hydrogen-bond donors (Lipinski definition) is 0. The molecule has 0 spiro atoms. The first-order valence-corrected chi connectivity index (χ1v) is 9.70. The Balaban J connectivity index is 1.97. The molecular formula is C22H22Cl2N2O3. The number of aromatic nitrogens is 1. The van der Waals surface area contributed by atoms with Crippen LogP contribution in [0.4, 0.5) is 5.82 Å². The summed E-state index contributed by atoms with van der Waals surface area (Å²) in [6.45, 7) is 1.12. The maximum Gasteiger partial charge on any atom is 0.203 e. The van der Waals surface area contributed by atoms with Crippen molar-refractivity contribution in [2.24, 2.45) is 0 Å². The molecule has 152 valence electrons. The van der Waals surface area contributed by atoms with E-state index in [2.05, 4.69) is 9.88 Å². The normalized spacial score (nSPS) is 10.5. The van der Waals surface area contributed by atoms with Gasteiger partial charge < -0.3 is 19.1 Å². The molecule has 5 nitrogen and oxygen atoms in total. The van der Waals surface area contributed by atoms with Crippen LogP contribution in [0.25, 0.3) is 0 Å². The Labute approximate surface area is 180 Å². The van der Waals surface area contributed by atoms with Crippen LogP contribution in [0.15, 0.2) is 54.7 Å². The zero-order valence-corrected chi connectivity index (χ0v) is 18.0. The quantitative estimate of drug-likeness (QED) is 0.461. The fraction of sp³-hybridized carbons (Fsp3) is 0.227. The molecule has 1 heterocycles. The third-order valence-electron chi connectivity index (χ3n) is 4.45. The lowest BCUT2D eigenvalue weighted by Gasteiger charge is -2.25. The average Bonchev–Trinajstić information content (AvgIpc) is 2.74. The van der Waals surface area contributed by atoms with Gasteiger partial charge in [0.15, 0.2) is 11.5 Å². The standard InChI is InChI=1S/C22H22Cl2N2O3/c1-27-19-10-15(11-20(28-2)22(19)29-3)13-26(21-6-4-5-9-25-21)14-16-7-8-17(23)12-18(16)24/h4-12H,13-14H2,1-3H3. The fourth-order valence-electron chi connectivity index (χ4n) is 3.06. The van der Waals surface area contributed by atoms with E-state index in [9.17, 15) is 0 Å². The highest BCUT2D eigenvalue weighted by Crippen LogP contribution is 2.39. The number of ether oxygens (including phenoxy) is 3. The Morgan fingerprint density at radius 1 is 0.862 bits per heavy atom. The molecule has 7 heteroatoms. The van der Waals surface area contributed by atoms with Gasteiger partial charge in [0.05, 0.1) is 21.3 Å². The number of rotatable bonds is 8. The van der Waals surface area contributed by atoms with E-state index in [1.165, 1.54) is 0 Å². The highest BCUT2D eigenvalue weighted by molar-refractivity contribution is 6.35. The summed E-state index contributed by atoms with van der Waals surface area (Å²) in [6.07, 6.45) is 1.76. The number of pyridine rings is 1. The molecule has 0 unspecified atom stereocenters. The third kappa shape index (κ3) is 5.05. The molecule has 0 atom stereocenters. The Bertz CT molecular complexity index is 943. The number of halogens is 2. The second-order valence-corrected chi connectivity index (χ2v) is 7.16. The average molecular weight is 433 g/mol. The summed E-state index contributed by atoms with van der Waals surface area (Å²) < 4.78 is 16.4. The second kappa shape index (κ2) is 9.72. The van der Waals surface area contributed by atoms with Gasteiger partial charge in [-0.1, -0.05) is 35.3 Å². The first-order chi connectivity index (χ1) is 14.0. The largest absolute Gasteiger partial charge is 0.493 e. The minimum atomic E-state index is 0.559. The number of hydrogen-bond acceptors (Lipinski definition) is 5. The summed E-state index contributed by atoms with van der Waals surface area (Å²) in [4.78, 5) is 6.63. The summed E-state index contributed by atoms with van der Waals surface area (Å²) in [5.74, 6) is 2.59. The van der Waals surface area contributed by atoms with Gasteiger partial charge in [0.25, 0.3) is 0 Å². The molecule has 2 aromatic carbocycles. The van der Waals surface area contributed by atoms with Gasteiger partial charge in [-0.05, 0) is 47.5 Å². The highest BCUT2D eigenvalue weighted by Gasteiger charge is 2.17. The highest BCUT2D eigenvalue weighted by atomic mass is 35.5. The van der Waals surface area contributed by atoms with Crippen molar-refractivity contribution in [3.8, 4) is 17.2 Å². The van der Waals surface area contributed by atoms with Gasteiger partial charge >= 0.3 is 0 Å². The molecule has 0 N–H and O–H groups in total. The number of anilines is 1. The number of methoxy groups -OCH3 is 3. The van der Waals surface area contributed by atoms with E-state index in [0.29, 0.717) is 40.4 Å². The molecule has 3 aromatic rings. The van der Waals surface area contributed by atoms with Crippen LogP contribution in [0.5, 0.6) is 17.2 Å². The lowest BCUT2D eigenvalue weighted by atomic mass is 10.1. The Hall–Kier alpha value is -2.63. The maximum atomic E-state index is 6.41. The predicted molar refractivity (Wildman–Crippen MR) is 117 cm³/mol. The smallest absolute Gasteiger partial charge is 0.203 e. The molecule has 0 amide bonds. The van der Waals surface area contributed by atoms with Crippen LogP contribution in [0, 0.1) is 0 Å². The van der Waals surface area contributed by atoms with Crippen LogP contribution in [0.1, 0.15) is 11.1 Å². The van der Waals surface area contributed by atoms with Crippen molar-refractivity contribution in [2.75, 3.05) is 26.2 Å². The van der Waals surface area contributed by atoms with Gasteiger partial charge in [-0.25, -0.2) is 4.98 Å². The minimum Gasteiger partial charge on any atom is -0.493 e. The van der Waals surface area contributed by atoms with E-state index >= 15 is 0 Å². The first-order valence-electron chi connectivity index (χ1n) is 8.94. The van der Waals surface area contributed by atoms with Crippen molar-refractivity contribution < 1.29 is 14.2 Å². The summed E-state index contributed by atoms with van der Waals surface area (Å²) in [5, 5.41) is 1.22. The summed E-state index contributed by atoms with van der Waals surface area (Å²) >= 11 is 12.5. The lowest BCUT2D eigenvalue weighted by molar-refractivity contribution is 0.323. The van der Waals surface area contributed by atoms with Crippen LogP contribution >= 0.6 is 23.2 Å². The zero-order valence-electron chi connectivity index (χ0n) is 16.5. The van der Waals surface area contributed by atoms with Crippen molar-refractivity contribution >= 4 is 29.0 Å². The lowest BCUT2D eigenvalue weighted by Crippen LogP contribution is -2.23. The first kappa shape index (κ1) is 21.1. The van der Waals surface area contributed by atoms with Crippen molar-refractivity contribution in [3.05, 3.63) is 75.9 Å². The molecule has 1 aromatic heterocycles. The topological polar surface area (TPSA) is 43.8 Å². The summed E-state index contributed by atoms with van der Waals surface area (Å²) in [5.41, 5.74) is 1.93. The maximum absolute atomic E-state index is 6.41. The molecule has 29 heavy (non-hydrogen) atoms. The van der Waals surface area contributed by atoms with Crippen LogP contribution in [-0.2, 0) is 13.1 Å². The zero-order chi connectivity index (χ0) is 20.8. The monoisotopic (exact) mass is 432 g/mol. The van der Waals surface area contributed by atoms with Gasteiger partial charge in [-0.3, -0.25) is 0 Å². The molecule has 0 saturated carbocycles. The summed E-state index contributed by atoms with van der Waals surface area (Å²) in [6, 6.07) is 15.2. The van der Waals surface area contributed by atoms with Crippen molar-refractivity contribution in [1.29, 1.82) is 0 Å². The Morgan fingerprint density at radius 2 is 1.59 bits per heavy atom. The van der Waals surface area contributed by atoms with Crippen molar-refractivity contribution in [1.82, 2.24) is 4.98 Å². The van der Waals surface area contributed by atoms with E-state index in [1.54, 1.807) is 33.6 Å². The molecule has 0 aliphatic heterocycles. The molecule has 0 saturated heterocycles. The molecule has 0 radical (unpaired) electrons. The predicted octanol–water partition coefficient (Wildman–Crippen LogP) is 5.62. The fourth-order valence-corrected chi connectivity index (χ4v) is 3.53. The molecule has 0 fully saturated rings. The number of nitrogens with zero attached hydrogens (tertiary/aromatic N) is 2. The van der Waals surface area contributed by atoms with Crippen LogP contribution < -0.4 is 19.1 Å². The van der Waals surface area contributed by atoms with Gasteiger partial charge in [0, 0.05) is 29.3 Å². The van der Waals surface area contributed by atoms with Crippen LogP contribution in [0.2, 0.25) is 10.0 Å². The van der Waals surface area contributed by atoms with E-state index in [0.717, 1.165) is 16.9 Å². The van der Waals surface area contributed by atoms with Gasteiger partial charge in [-0.15, -0.1) is 0 Å². The van der Waals surface area contributed by atoms with Crippen LogP contribution in [-0.4, -0.2) is 26.3 Å². The van der Waals surface area contributed by atoms with E-state index in [1.807, 2.05) is 42.5 Å². The van der Waals surface area contributed by atoms with Gasteiger partial charge in [0.1, 0.15) is 5.82 Å². The molecule has 0 aliphatic rings. The molecule has 0 bridgehead atoms. The SMILES string of the molecule is COc1cc(CN(Cc2ccc(Cl)cc2Cl)c2ccccn2)cc(OC)c1OC. The minimum absolute atomic E-state index is 0.559. The molecule has 3 rings (SSSR count). The van der Waals surface area contributed by atoms with Gasteiger partial charge in [-0.2, -0.15) is 0 Å². The van der Waals surface area contributed by atoms with Crippen molar-refractivity contribution in [2.45, 2.75) is 13.1 Å². The molecule has 0 aliphatic carbocycles. The second-order valence-electron chi connectivity index (χ2n) is 6.31. The van der Waals surface area contributed by atoms with Crippen molar-refractivity contribution in [3.63, 3.8) is 0 Å². The summed E-state index contributed by atoms with van der Waals surface area (Å²) in [7, 11) is 4.79. The molecular weight excluding hydrogens is 411 g/mol.